The van der Waals surface area contributed by atoms with Crippen LogP contribution in [0, 0.1) is 5.82 Å². The number of nitrogens with one attached hydrogen (secondary N) is 1. The van der Waals surface area contributed by atoms with Crippen molar-refractivity contribution in [3.8, 4) is 0 Å². The minimum absolute atomic E-state index is 0.228. The number of halogens is 1. The van der Waals surface area contributed by atoms with E-state index in [0.29, 0.717) is 5.56 Å². The van der Waals surface area contributed by atoms with Crippen molar-refractivity contribution in [2.45, 2.75) is 6.54 Å². The number of rotatable bonds is 2. The van der Waals surface area contributed by atoms with E-state index in [2.05, 4.69) is 5.32 Å². The number of carbonyl (C=O) groups excluding carboxylic acids is 1. The predicted octanol–water partition coefficient (Wildman–Crippen LogP) is 1.60. The van der Waals surface area contributed by atoms with Crippen molar-refractivity contribution in [1.82, 2.24) is 10.2 Å². The zero-order valence-electron chi connectivity index (χ0n) is 8.25. The van der Waals surface area contributed by atoms with Gasteiger partial charge in [-0.3, -0.25) is 0 Å². The Balaban J connectivity index is 2.69. The third-order valence-corrected chi connectivity index (χ3v) is 1.93. The Morgan fingerprint density at radius 1 is 1.50 bits per heavy atom. The van der Waals surface area contributed by atoms with Crippen LogP contribution in [0.2, 0.25) is 0 Å². The number of hydrogen-bond acceptors (Lipinski definition) is 1. The Labute approximate surface area is 82.5 Å². The number of urea groups is 1. The third kappa shape index (κ3) is 2.45. The summed E-state index contributed by atoms with van der Waals surface area (Å²) in [5.41, 5.74) is 0.513. The van der Waals surface area contributed by atoms with Gasteiger partial charge in [-0.25, -0.2) is 9.18 Å². The molecule has 0 spiro atoms. The Kier molecular flexibility index (Phi) is 3.45. The highest BCUT2D eigenvalue weighted by atomic mass is 19.1. The van der Waals surface area contributed by atoms with E-state index in [0.717, 1.165) is 0 Å². The average molecular weight is 196 g/mol. The summed E-state index contributed by atoms with van der Waals surface area (Å²) in [4.78, 5) is 12.5. The molecule has 4 heteroatoms. The van der Waals surface area contributed by atoms with Crippen LogP contribution in [0.5, 0.6) is 0 Å². The molecule has 0 aliphatic heterocycles. The van der Waals surface area contributed by atoms with Crippen molar-refractivity contribution in [2.24, 2.45) is 0 Å². The molecule has 0 fully saturated rings. The van der Waals surface area contributed by atoms with Gasteiger partial charge in [0.05, 0.1) is 0 Å². The standard InChI is InChI=1S/C10H13FN2O/c1-12-10(14)13(2)7-8-5-3-4-6-9(8)11/h3-6H,7H2,1-2H3,(H,12,14). The molecule has 0 saturated heterocycles. The first-order valence-corrected chi connectivity index (χ1v) is 4.31. The average Bonchev–Trinajstić information content (AvgIpc) is 2.20. The number of hydrogen-bond donors (Lipinski definition) is 1. The largest absolute Gasteiger partial charge is 0.341 e. The Hall–Kier alpha value is -1.58. The topological polar surface area (TPSA) is 32.3 Å². The number of benzene rings is 1. The van der Waals surface area contributed by atoms with Gasteiger partial charge in [0.2, 0.25) is 0 Å². The van der Waals surface area contributed by atoms with Gasteiger partial charge in [0.25, 0.3) is 0 Å². The molecule has 0 bridgehead atoms. The molecular formula is C10H13FN2O. The quantitative estimate of drug-likeness (QED) is 0.765. The van der Waals surface area contributed by atoms with Crippen molar-refractivity contribution in [3.05, 3.63) is 35.6 Å². The first-order chi connectivity index (χ1) is 6.65. The summed E-state index contributed by atoms with van der Waals surface area (Å²) in [6.45, 7) is 0.270. The van der Waals surface area contributed by atoms with E-state index in [1.807, 2.05) is 0 Å². The van der Waals surface area contributed by atoms with Crippen LogP contribution < -0.4 is 5.32 Å². The summed E-state index contributed by atoms with van der Waals surface area (Å²) >= 11 is 0. The molecule has 1 rings (SSSR count). The number of amides is 2. The maximum absolute atomic E-state index is 13.2. The molecule has 0 heterocycles. The molecule has 1 aromatic carbocycles. The minimum atomic E-state index is -0.289. The normalized spacial score (nSPS) is 9.64. The van der Waals surface area contributed by atoms with Crippen molar-refractivity contribution >= 4 is 6.03 Å². The van der Waals surface area contributed by atoms with Gasteiger partial charge in [0, 0.05) is 26.2 Å². The molecule has 2 amide bonds. The first kappa shape index (κ1) is 10.5. The fraction of sp³-hybridized carbons (Fsp3) is 0.300. The minimum Gasteiger partial charge on any atom is -0.341 e. The van der Waals surface area contributed by atoms with Gasteiger partial charge in [-0.2, -0.15) is 0 Å². The second kappa shape index (κ2) is 4.60. The second-order valence-electron chi connectivity index (χ2n) is 3.00. The van der Waals surface area contributed by atoms with Crippen LogP contribution in [0.15, 0.2) is 24.3 Å². The summed E-state index contributed by atoms with van der Waals surface area (Å²) in [6.07, 6.45) is 0. The highest BCUT2D eigenvalue weighted by molar-refractivity contribution is 5.73. The fourth-order valence-electron chi connectivity index (χ4n) is 1.14. The fourth-order valence-corrected chi connectivity index (χ4v) is 1.14. The molecule has 0 aliphatic rings. The van der Waals surface area contributed by atoms with E-state index in [1.165, 1.54) is 11.0 Å². The lowest BCUT2D eigenvalue weighted by Gasteiger charge is -2.16. The van der Waals surface area contributed by atoms with Crippen LogP contribution in [0.4, 0.5) is 9.18 Å². The van der Waals surface area contributed by atoms with E-state index >= 15 is 0 Å². The van der Waals surface area contributed by atoms with E-state index in [9.17, 15) is 9.18 Å². The number of nitrogens with zero attached hydrogens (tertiary/aromatic N) is 1. The summed E-state index contributed by atoms with van der Waals surface area (Å²) < 4.78 is 13.2. The second-order valence-corrected chi connectivity index (χ2v) is 3.00. The molecule has 0 saturated carbocycles. The highest BCUT2D eigenvalue weighted by Gasteiger charge is 2.08. The lowest BCUT2D eigenvalue weighted by molar-refractivity contribution is 0.208. The molecule has 0 unspecified atom stereocenters. The first-order valence-electron chi connectivity index (χ1n) is 4.31. The van der Waals surface area contributed by atoms with Gasteiger partial charge >= 0.3 is 6.03 Å². The third-order valence-electron chi connectivity index (χ3n) is 1.93. The smallest absolute Gasteiger partial charge is 0.317 e. The lowest BCUT2D eigenvalue weighted by Crippen LogP contribution is -2.34. The molecule has 0 radical (unpaired) electrons. The highest BCUT2D eigenvalue weighted by Crippen LogP contribution is 2.08. The Morgan fingerprint density at radius 2 is 2.14 bits per heavy atom. The van der Waals surface area contributed by atoms with Gasteiger partial charge in [-0.05, 0) is 6.07 Å². The van der Waals surface area contributed by atoms with Crippen LogP contribution >= 0.6 is 0 Å². The Morgan fingerprint density at radius 3 is 2.71 bits per heavy atom. The number of carbonyl (C=O) groups is 1. The van der Waals surface area contributed by atoms with Gasteiger partial charge < -0.3 is 10.2 Å². The van der Waals surface area contributed by atoms with Crippen LogP contribution in [-0.4, -0.2) is 25.0 Å². The van der Waals surface area contributed by atoms with Crippen LogP contribution in [0.3, 0.4) is 0 Å². The molecule has 76 valence electrons. The SMILES string of the molecule is CNC(=O)N(C)Cc1ccccc1F. The summed E-state index contributed by atoms with van der Waals surface area (Å²) in [5.74, 6) is -0.289. The van der Waals surface area contributed by atoms with Gasteiger partial charge in [0.15, 0.2) is 0 Å². The van der Waals surface area contributed by atoms with Crippen LogP contribution in [0.1, 0.15) is 5.56 Å². The molecule has 0 aliphatic carbocycles. The Bertz CT molecular complexity index is 328. The lowest BCUT2D eigenvalue weighted by atomic mass is 10.2. The maximum Gasteiger partial charge on any atom is 0.317 e. The summed E-state index contributed by atoms with van der Waals surface area (Å²) in [6, 6.07) is 6.18. The van der Waals surface area contributed by atoms with E-state index in [1.54, 1.807) is 32.3 Å². The van der Waals surface area contributed by atoms with E-state index < -0.39 is 0 Å². The molecule has 14 heavy (non-hydrogen) atoms. The van der Waals surface area contributed by atoms with E-state index in [-0.39, 0.29) is 18.4 Å². The van der Waals surface area contributed by atoms with Gasteiger partial charge in [-0.15, -0.1) is 0 Å². The maximum atomic E-state index is 13.2. The summed E-state index contributed by atoms with van der Waals surface area (Å²) in [5, 5.41) is 2.47. The molecule has 1 aromatic rings. The molecule has 0 atom stereocenters. The van der Waals surface area contributed by atoms with Crippen LogP contribution in [0.25, 0.3) is 0 Å². The van der Waals surface area contributed by atoms with Crippen molar-refractivity contribution in [2.75, 3.05) is 14.1 Å². The zero-order valence-corrected chi connectivity index (χ0v) is 8.25. The van der Waals surface area contributed by atoms with Crippen molar-refractivity contribution in [3.63, 3.8) is 0 Å². The molecule has 1 N–H and O–H groups in total. The van der Waals surface area contributed by atoms with Crippen LogP contribution in [-0.2, 0) is 6.54 Å². The van der Waals surface area contributed by atoms with Gasteiger partial charge in [-0.1, -0.05) is 18.2 Å². The summed E-state index contributed by atoms with van der Waals surface area (Å²) in [7, 11) is 3.16. The molecular weight excluding hydrogens is 183 g/mol. The molecule has 3 nitrogen and oxygen atoms in total. The van der Waals surface area contributed by atoms with Gasteiger partial charge in [0.1, 0.15) is 5.82 Å². The van der Waals surface area contributed by atoms with Crippen molar-refractivity contribution in [1.29, 1.82) is 0 Å². The predicted molar refractivity (Wildman–Crippen MR) is 52.3 cm³/mol. The zero-order chi connectivity index (χ0) is 10.6. The van der Waals surface area contributed by atoms with Crippen molar-refractivity contribution < 1.29 is 9.18 Å². The van der Waals surface area contributed by atoms with E-state index in [4.69, 9.17) is 0 Å². The monoisotopic (exact) mass is 196 g/mol. The molecule has 0 aromatic heterocycles.